The fourth-order valence-electron chi connectivity index (χ4n) is 0.867. The summed E-state index contributed by atoms with van der Waals surface area (Å²) in [6.07, 6.45) is 0. The second-order valence-corrected chi connectivity index (χ2v) is 2.87. The number of hydrogen-bond donors (Lipinski definition) is 3. The summed E-state index contributed by atoms with van der Waals surface area (Å²) in [5.41, 5.74) is 8.09. The molecule has 5 nitrogen and oxygen atoms in total. The molecule has 0 aliphatic heterocycles. The highest BCUT2D eigenvalue weighted by molar-refractivity contribution is 6.33. The summed E-state index contributed by atoms with van der Waals surface area (Å²) in [5, 5.41) is 0.476. The Morgan fingerprint density at radius 1 is 1.57 bits per heavy atom. The number of hydrazine groups is 1. The van der Waals surface area contributed by atoms with Crippen LogP contribution in [0.25, 0.3) is 0 Å². The third-order valence-electron chi connectivity index (χ3n) is 1.54. The van der Waals surface area contributed by atoms with Crippen LogP contribution in [0.5, 0.6) is 5.75 Å². The number of hydrogen-bond acceptors (Lipinski definition) is 3. The van der Waals surface area contributed by atoms with Gasteiger partial charge < -0.3 is 10.5 Å². The quantitative estimate of drug-likeness (QED) is 0.294. The van der Waals surface area contributed by atoms with E-state index in [-0.39, 0.29) is 5.96 Å². The van der Waals surface area contributed by atoms with Crippen LogP contribution in [-0.4, -0.2) is 13.1 Å². The van der Waals surface area contributed by atoms with Crippen molar-refractivity contribution >= 4 is 23.2 Å². The zero-order valence-electron chi connectivity index (χ0n) is 7.62. The zero-order chi connectivity index (χ0) is 10.6. The van der Waals surface area contributed by atoms with Crippen LogP contribution >= 0.6 is 11.6 Å². The van der Waals surface area contributed by atoms with Gasteiger partial charge in [0.15, 0.2) is 0 Å². The molecule has 76 valence electrons. The number of nitrogens with one attached hydrogen (secondary N) is 1. The summed E-state index contributed by atoms with van der Waals surface area (Å²) in [5.74, 6) is 5.79. The fraction of sp³-hybridized carbons (Fsp3) is 0.125. The maximum Gasteiger partial charge on any atom is 0.208 e. The molecule has 0 amide bonds. The van der Waals surface area contributed by atoms with Gasteiger partial charge in [-0.2, -0.15) is 0 Å². The number of nitrogens with two attached hydrogens (primary N) is 2. The maximum absolute atomic E-state index is 5.87. The summed E-state index contributed by atoms with van der Waals surface area (Å²) in [7, 11) is 1.56. The molecule has 1 rings (SSSR count). The molecule has 0 radical (unpaired) electrons. The van der Waals surface area contributed by atoms with E-state index in [0.29, 0.717) is 16.5 Å². The molecule has 0 unspecified atom stereocenters. The minimum Gasteiger partial charge on any atom is -0.497 e. The minimum absolute atomic E-state index is 0.0835. The van der Waals surface area contributed by atoms with Crippen LogP contribution in [0, 0.1) is 0 Å². The summed E-state index contributed by atoms with van der Waals surface area (Å²) in [6.45, 7) is 0. The Kier molecular flexibility index (Phi) is 3.55. The Morgan fingerprint density at radius 2 is 2.29 bits per heavy atom. The zero-order valence-corrected chi connectivity index (χ0v) is 8.38. The molecule has 0 aliphatic carbocycles. The Balaban J connectivity index is 3.06. The third-order valence-corrected chi connectivity index (χ3v) is 1.86. The monoisotopic (exact) mass is 214 g/mol. The normalized spacial score (nSPS) is 11.2. The molecule has 0 heterocycles. The van der Waals surface area contributed by atoms with Gasteiger partial charge in [0, 0.05) is 6.07 Å². The number of benzene rings is 1. The lowest BCUT2D eigenvalue weighted by Gasteiger charge is -2.03. The minimum atomic E-state index is 0.0835. The predicted molar refractivity (Wildman–Crippen MR) is 56.6 cm³/mol. The topological polar surface area (TPSA) is 85.7 Å². The highest BCUT2D eigenvalue weighted by atomic mass is 35.5. The van der Waals surface area contributed by atoms with E-state index in [0.717, 1.165) is 0 Å². The lowest BCUT2D eigenvalue weighted by molar-refractivity contribution is 0.415. The van der Waals surface area contributed by atoms with E-state index < -0.39 is 0 Å². The van der Waals surface area contributed by atoms with Gasteiger partial charge in [0.1, 0.15) is 5.75 Å². The average molecular weight is 215 g/mol. The maximum atomic E-state index is 5.87. The van der Waals surface area contributed by atoms with E-state index in [1.165, 1.54) is 0 Å². The third kappa shape index (κ3) is 2.51. The van der Waals surface area contributed by atoms with Crippen molar-refractivity contribution in [2.75, 3.05) is 7.11 Å². The van der Waals surface area contributed by atoms with Gasteiger partial charge in [0.25, 0.3) is 0 Å². The molecule has 14 heavy (non-hydrogen) atoms. The molecule has 0 saturated heterocycles. The van der Waals surface area contributed by atoms with Crippen molar-refractivity contribution in [1.29, 1.82) is 0 Å². The first kappa shape index (κ1) is 10.6. The molecule has 0 spiro atoms. The van der Waals surface area contributed by atoms with Crippen molar-refractivity contribution in [3.8, 4) is 5.75 Å². The molecule has 0 bridgehead atoms. The Hall–Kier alpha value is -1.46. The Labute approximate surface area is 86.7 Å². The van der Waals surface area contributed by atoms with Crippen LogP contribution in [0.3, 0.4) is 0 Å². The number of guanidine groups is 1. The summed E-state index contributed by atoms with van der Waals surface area (Å²) in [6, 6.07) is 5.06. The average Bonchev–Trinajstić information content (AvgIpc) is 2.21. The van der Waals surface area contributed by atoms with Crippen molar-refractivity contribution in [2.24, 2.45) is 16.6 Å². The molecular formula is C8H11ClN4O. The highest BCUT2D eigenvalue weighted by Gasteiger charge is 2.01. The molecule has 6 heteroatoms. The molecule has 0 aliphatic rings. The first-order chi connectivity index (χ1) is 6.67. The summed E-state index contributed by atoms with van der Waals surface area (Å²) >= 11 is 5.87. The van der Waals surface area contributed by atoms with Crippen LogP contribution in [0.15, 0.2) is 23.2 Å². The van der Waals surface area contributed by atoms with Gasteiger partial charge in [0.05, 0.1) is 17.8 Å². The largest absolute Gasteiger partial charge is 0.497 e. The van der Waals surface area contributed by atoms with Crippen LogP contribution in [0.4, 0.5) is 5.69 Å². The number of nitrogens with zero attached hydrogens (tertiary/aromatic N) is 1. The lowest BCUT2D eigenvalue weighted by atomic mass is 10.3. The van der Waals surface area contributed by atoms with Gasteiger partial charge in [-0.25, -0.2) is 10.8 Å². The molecule has 0 atom stereocenters. The Morgan fingerprint density at radius 3 is 2.86 bits per heavy atom. The van der Waals surface area contributed by atoms with Crippen LogP contribution < -0.4 is 21.7 Å². The first-order valence-corrected chi connectivity index (χ1v) is 4.19. The van der Waals surface area contributed by atoms with Crippen molar-refractivity contribution in [1.82, 2.24) is 5.43 Å². The molecule has 1 aromatic carbocycles. The molecule has 1 aromatic rings. The van der Waals surface area contributed by atoms with Crippen LogP contribution in [-0.2, 0) is 0 Å². The first-order valence-electron chi connectivity index (χ1n) is 3.81. The van der Waals surface area contributed by atoms with Crippen LogP contribution in [0.1, 0.15) is 0 Å². The van der Waals surface area contributed by atoms with E-state index in [1.807, 2.05) is 0 Å². The number of ether oxygens (including phenoxy) is 1. The number of aliphatic imine (C=N–C) groups is 1. The van der Waals surface area contributed by atoms with Crippen molar-refractivity contribution in [3.63, 3.8) is 0 Å². The van der Waals surface area contributed by atoms with Crippen molar-refractivity contribution in [3.05, 3.63) is 23.2 Å². The SMILES string of the molecule is COc1ccc(Cl)c(N=C(N)NN)c1. The van der Waals surface area contributed by atoms with Gasteiger partial charge in [-0.3, -0.25) is 5.43 Å². The van der Waals surface area contributed by atoms with E-state index in [4.69, 9.17) is 27.9 Å². The highest BCUT2D eigenvalue weighted by Crippen LogP contribution is 2.28. The van der Waals surface area contributed by atoms with Gasteiger partial charge in [0.2, 0.25) is 5.96 Å². The predicted octanol–water partition coefficient (Wildman–Crippen LogP) is 0.758. The van der Waals surface area contributed by atoms with Gasteiger partial charge in [-0.05, 0) is 12.1 Å². The standard InChI is InChI=1S/C8H11ClN4O/c1-14-5-2-3-6(9)7(4-5)12-8(10)13-11/h2-4H,11H2,1H3,(H3,10,12,13). The number of halogens is 1. The Bertz CT molecular complexity index is 353. The van der Waals surface area contributed by atoms with Gasteiger partial charge in [-0.1, -0.05) is 11.6 Å². The van der Waals surface area contributed by atoms with E-state index >= 15 is 0 Å². The summed E-state index contributed by atoms with van der Waals surface area (Å²) in [4.78, 5) is 3.93. The fourth-order valence-corrected chi connectivity index (χ4v) is 1.03. The molecular weight excluding hydrogens is 204 g/mol. The smallest absolute Gasteiger partial charge is 0.208 e. The summed E-state index contributed by atoms with van der Waals surface area (Å²) < 4.78 is 5.00. The van der Waals surface area contributed by atoms with Crippen LogP contribution in [0.2, 0.25) is 5.02 Å². The number of methoxy groups -OCH3 is 1. The lowest BCUT2D eigenvalue weighted by Crippen LogP contribution is -2.36. The van der Waals surface area contributed by atoms with Gasteiger partial charge >= 0.3 is 0 Å². The van der Waals surface area contributed by atoms with E-state index in [2.05, 4.69) is 10.4 Å². The second kappa shape index (κ2) is 4.69. The molecule has 0 aromatic heterocycles. The molecule has 0 fully saturated rings. The molecule has 0 saturated carbocycles. The molecule has 5 N–H and O–H groups in total. The van der Waals surface area contributed by atoms with E-state index in [9.17, 15) is 0 Å². The van der Waals surface area contributed by atoms with Crippen molar-refractivity contribution < 1.29 is 4.74 Å². The number of rotatable bonds is 2. The second-order valence-electron chi connectivity index (χ2n) is 2.46. The van der Waals surface area contributed by atoms with Crippen molar-refractivity contribution in [2.45, 2.75) is 0 Å². The van der Waals surface area contributed by atoms with Gasteiger partial charge in [-0.15, -0.1) is 0 Å². The van der Waals surface area contributed by atoms with E-state index in [1.54, 1.807) is 25.3 Å².